The fraction of sp³-hybridized carbons (Fsp3) is 0.440. The van der Waals surface area contributed by atoms with Crippen LogP contribution in [-0.4, -0.2) is 50.5 Å². The average molecular weight is 508 g/mol. The van der Waals surface area contributed by atoms with Gasteiger partial charge >= 0.3 is 0 Å². The van der Waals surface area contributed by atoms with Gasteiger partial charge in [0.2, 0.25) is 21.8 Å². The minimum absolute atomic E-state index is 0.142. The number of rotatable bonds is 11. The Bertz CT molecular complexity index is 1100. The summed E-state index contributed by atoms with van der Waals surface area (Å²) in [7, 11) is -3.76. The van der Waals surface area contributed by atoms with E-state index in [2.05, 4.69) is 5.32 Å². The summed E-state index contributed by atoms with van der Waals surface area (Å²) < 4.78 is 26.5. The third-order valence-electron chi connectivity index (χ3n) is 5.79. The largest absolute Gasteiger partial charge is 0.354 e. The van der Waals surface area contributed by atoms with Gasteiger partial charge in [0.25, 0.3) is 0 Å². The average Bonchev–Trinajstić information content (AvgIpc) is 2.78. The molecule has 0 aliphatic rings. The van der Waals surface area contributed by atoms with E-state index < -0.39 is 28.5 Å². The number of carbonyl (C=O) groups excluding carboxylic acids is 2. The molecule has 0 aromatic heterocycles. The Morgan fingerprint density at radius 2 is 1.74 bits per heavy atom. The summed E-state index contributed by atoms with van der Waals surface area (Å²) in [5, 5.41) is 3.42. The van der Waals surface area contributed by atoms with Crippen molar-refractivity contribution in [3.8, 4) is 0 Å². The molecule has 186 valence electrons. The molecule has 0 fully saturated rings. The van der Waals surface area contributed by atoms with E-state index in [-0.39, 0.29) is 12.5 Å². The predicted molar refractivity (Wildman–Crippen MR) is 137 cm³/mol. The quantitative estimate of drug-likeness (QED) is 0.465. The first-order valence-corrected chi connectivity index (χ1v) is 13.5. The molecule has 2 amide bonds. The van der Waals surface area contributed by atoms with Crippen molar-refractivity contribution in [3.05, 3.63) is 64.2 Å². The maximum absolute atomic E-state index is 13.5. The van der Waals surface area contributed by atoms with Crippen LogP contribution in [0.2, 0.25) is 5.02 Å². The van der Waals surface area contributed by atoms with E-state index >= 15 is 0 Å². The van der Waals surface area contributed by atoms with Crippen molar-refractivity contribution >= 4 is 39.1 Å². The molecule has 1 atom stereocenters. The second-order valence-corrected chi connectivity index (χ2v) is 10.8. The molecule has 9 heteroatoms. The first-order chi connectivity index (χ1) is 16.0. The summed E-state index contributed by atoms with van der Waals surface area (Å²) in [6.45, 7) is 7.63. The Hall–Kier alpha value is -2.58. The number of hydrogen-bond donors (Lipinski definition) is 1. The van der Waals surface area contributed by atoms with Crippen molar-refractivity contribution in [2.75, 3.05) is 23.7 Å². The maximum Gasteiger partial charge on any atom is 0.244 e. The van der Waals surface area contributed by atoms with Crippen molar-refractivity contribution in [1.82, 2.24) is 10.2 Å². The fourth-order valence-electron chi connectivity index (χ4n) is 3.51. The highest BCUT2D eigenvalue weighted by Crippen LogP contribution is 2.25. The third-order valence-corrected chi connectivity index (χ3v) is 7.17. The molecule has 1 N–H and O–H groups in total. The number of carbonyl (C=O) groups is 2. The van der Waals surface area contributed by atoms with Gasteiger partial charge < -0.3 is 10.2 Å². The number of hydrogen-bond acceptors (Lipinski definition) is 4. The number of halogens is 1. The van der Waals surface area contributed by atoms with Crippen LogP contribution in [0.4, 0.5) is 5.69 Å². The van der Waals surface area contributed by atoms with E-state index in [4.69, 9.17) is 11.6 Å². The van der Waals surface area contributed by atoms with Crippen molar-refractivity contribution in [3.63, 3.8) is 0 Å². The number of anilines is 1. The molecule has 0 saturated carbocycles. The molecule has 0 heterocycles. The maximum atomic E-state index is 13.5. The first kappa shape index (κ1) is 27.7. The van der Waals surface area contributed by atoms with E-state index in [9.17, 15) is 18.0 Å². The fourth-order valence-corrected chi connectivity index (χ4v) is 4.53. The molecule has 2 aromatic rings. The van der Waals surface area contributed by atoms with Gasteiger partial charge in [0, 0.05) is 18.1 Å². The number of nitrogens with zero attached hydrogens (tertiary/aromatic N) is 2. The molecule has 7 nitrogen and oxygen atoms in total. The molecule has 0 aliphatic heterocycles. The molecule has 0 spiro atoms. The Labute approximate surface area is 208 Å². The van der Waals surface area contributed by atoms with Crippen LogP contribution in [0.15, 0.2) is 42.5 Å². The highest BCUT2D eigenvalue weighted by molar-refractivity contribution is 7.92. The minimum Gasteiger partial charge on any atom is -0.354 e. The number of benzene rings is 2. The van der Waals surface area contributed by atoms with Gasteiger partial charge in [-0.3, -0.25) is 13.9 Å². The predicted octanol–water partition coefficient (Wildman–Crippen LogP) is 4.06. The number of amides is 2. The zero-order chi connectivity index (χ0) is 25.5. The number of aryl methyl sites for hydroxylation is 1. The molecule has 34 heavy (non-hydrogen) atoms. The standard InChI is InChI=1S/C25H34ClN3O4S/c1-6-7-15-27-25(31)20(4)28(16-21-11-13-22(26)14-12-21)24(30)17-29(34(5,32)33)23-10-8-9-18(2)19(23)3/h8-14,20H,6-7,15-17H2,1-5H3,(H,27,31)/t20-/m1/s1. The van der Waals surface area contributed by atoms with Gasteiger partial charge in [-0.05, 0) is 62.1 Å². The third kappa shape index (κ3) is 7.46. The molecule has 0 radical (unpaired) electrons. The second-order valence-electron chi connectivity index (χ2n) is 8.46. The molecular weight excluding hydrogens is 474 g/mol. The Morgan fingerprint density at radius 1 is 1.09 bits per heavy atom. The van der Waals surface area contributed by atoms with Crippen molar-refractivity contribution in [2.45, 2.75) is 53.1 Å². The number of unbranched alkanes of at least 4 members (excludes halogenated alkanes) is 1. The topological polar surface area (TPSA) is 86.8 Å². The highest BCUT2D eigenvalue weighted by Gasteiger charge is 2.30. The molecule has 2 aromatic carbocycles. The second kappa shape index (κ2) is 12.2. The van der Waals surface area contributed by atoms with Gasteiger partial charge in [0.1, 0.15) is 12.6 Å². The summed E-state index contributed by atoms with van der Waals surface area (Å²) in [6.07, 6.45) is 2.84. The SMILES string of the molecule is CCCCNC(=O)[C@@H](C)N(Cc1ccc(Cl)cc1)C(=O)CN(c1cccc(C)c1C)S(C)(=O)=O. The van der Waals surface area contributed by atoms with E-state index in [1.54, 1.807) is 43.3 Å². The van der Waals surface area contributed by atoms with Gasteiger partial charge in [-0.15, -0.1) is 0 Å². The summed E-state index contributed by atoms with van der Waals surface area (Å²) in [5.74, 6) is -0.757. The first-order valence-electron chi connectivity index (χ1n) is 11.3. The normalized spacial score (nSPS) is 12.2. The number of sulfonamides is 1. The Kier molecular flexibility index (Phi) is 9.94. The number of nitrogens with one attached hydrogen (secondary N) is 1. The van der Waals surface area contributed by atoms with Crippen LogP contribution in [0, 0.1) is 13.8 Å². The molecular formula is C25H34ClN3O4S. The lowest BCUT2D eigenvalue weighted by Gasteiger charge is -2.32. The van der Waals surface area contributed by atoms with Gasteiger partial charge in [-0.25, -0.2) is 8.42 Å². The molecule has 0 saturated heterocycles. The van der Waals surface area contributed by atoms with Gasteiger partial charge in [0.15, 0.2) is 0 Å². The molecule has 0 aliphatic carbocycles. The smallest absolute Gasteiger partial charge is 0.244 e. The highest BCUT2D eigenvalue weighted by atomic mass is 35.5. The zero-order valence-electron chi connectivity index (χ0n) is 20.5. The molecule has 0 unspecified atom stereocenters. The van der Waals surface area contributed by atoms with Crippen LogP contribution in [-0.2, 0) is 26.2 Å². The Balaban J connectivity index is 2.38. The van der Waals surface area contributed by atoms with Gasteiger partial charge in [-0.2, -0.15) is 0 Å². The summed E-state index contributed by atoms with van der Waals surface area (Å²) in [4.78, 5) is 27.7. The van der Waals surface area contributed by atoms with Crippen molar-refractivity contribution in [1.29, 1.82) is 0 Å². The van der Waals surface area contributed by atoms with Gasteiger partial charge in [0.05, 0.1) is 11.9 Å². The van der Waals surface area contributed by atoms with Crippen LogP contribution in [0.5, 0.6) is 0 Å². The minimum atomic E-state index is -3.76. The van der Waals surface area contributed by atoms with E-state index in [0.717, 1.165) is 40.1 Å². The summed E-state index contributed by atoms with van der Waals surface area (Å²) >= 11 is 5.99. The lowest BCUT2D eigenvalue weighted by atomic mass is 10.1. The van der Waals surface area contributed by atoms with Crippen LogP contribution in [0.25, 0.3) is 0 Å². The van der Waals surface area contributed by atoms with Crippen LogP contribution >= 0.6 is 11.6 Å². The van der Waals surface area contributed by atoms with E-state index in [0.29, 0.717) is 17.3 Å². The van der Waals surface area contributed by atoms with Crippen LogP contribution in [0.1, 0.15) is 43.4 Å². The summed E-state index contributed by atoms with van der Waals surface area (Å²) in [5.41, 5.74) is 2.92. The lowest BCUT2D eigenvalue weighted by molar-refractivity contribution is -0.139. The monoisotopic (exact) mass is 507 g/mol. The van der Waals surface area contributed by atoms with E-state index in [1.165, 1.54) is 4.90 Å². The Morgan fingerprint density at radius 3 is 2.32 bits per heavy atom. The van der Waals surface area contributed by atoms with Crippen molar-refractivity contribution < 1.29 is 18.0 Å². The van der Waals surface area contributed by atoms with Crippen LogP contribution < -0.4 is 9.62 Å². The van der Waals surface area contributed by atoms with E-state index in [1.807, 2.05) is 26.8 Å². The molecule has 2 rings (SSSR count). The van der Waals surface area contributed by atoms with Crippen LogP contribution in [0.3, 0.4) is 0 Å². The lowest BCUT2D eigenvalue weighted by Crippen LogP contribution is -2.51. The van der Waals surface area contributed by atoms with Crippen molar-refractivity contribution in [2.24, 2.45) is 0 Å². The summed E-state index contributed by atoms with van der Waals surface area (Å²) in [6, 6.07) is 11.5. The molecule has 0 bridgehead atoms. The zero-order valence-corrected chi connectivity index (χ0v) is 22.0. The van der Waals surface area contributed by atoms with Gasteiger partial charge in [-0.1, -0.05) is 49.2 Å².